The molecule has 0 unspecified atom stereocenters. The zero-order valence-corrected chi connectivity index (χ0v) is 14.4. The van der Waals surface area contributed by atoms with Crippen molar-refractivity contribution in [1.29, 1.82) is 0 Å². The number of halogens is 1. The van der Waals surface area contributed by atoms with E-state index in [-0.39, 0.29) is 23.7 Å². The molecule has 0 aromatic heterocycles. The van der Waals surface area contributed by atoms with E-state index in [1.54, 1.807) is 12.1 Å². The van der Waals surface area contributed by atoms with Gasteiger partial charge in [0.05, 0.1) is 10.6 Å². The summed E-state index contributed by atoms with van der Waals surface area (Å²) in [5, 5.41) is 0. The van der Waals surface area contributed by atoms with Crippen LogP contribution in [-0.4, -0.2) is 35.7 Å². The number of hydrogen-bond acceptors (Lipinski definition) is 4. The molecule has 0 heterocycles. The van der Waals surface area contributed by atoms with Crippen molar-refractivity contribution >= 4 is 36.0 Å². The van der Waals surface area contributed by atoms with Crippen LogP contribution in [0.3, 0.4) is 0 Å². The number of hydrogen-bond donors (Lipinski definition) is 2. The predicted octanol–water partition coefficient (Wildman–Crippen LogP) is 0.975. The largest absolute Gasteiger partial charge is 0.241 e. The zero-order valence-electron chi connectivity index (χ0n) is 11.2. The summed E-state index contributed by atoms with van der Waals surface area (Å²) in [4.78, 5) is 0.126. The Kier molecular flexibility index (Phi) is 6.14. The summed E-state index contributed by atoms with van der Waals surface area (Å²) in [5.74, 6) is -0.0384. The Labute approximate surface area is 128 Å². The Bertz CT molecular complexity index is 672. The maximum atomic E-state index is 12.0. The van der Waals surface area contributed by atoms with Gasteiger partial charge in [0.25, 0.3) is 0 Å². The maximum Gasteiger partial charge on any atom is 0.241 e. The molecule has 1 aromatic rings. The second kappa shape index (κ2) is 6.99. The van der Waals surface area contributed by atoms with Gasteiger partial charge in [0, 0.05) is 17.6 Å². The van der Waals surface area contributed by atoms with Gasteiger partial charge in [-0.05, 0) is 47.5 Å². The minimum atomic E-state index is -3.66. The molecule has 114 valence electrons. The van der Waals surface area contributed by atoms with Crippen molar-refractivity contribution in [1.82, 2.24) is 9.44 Å². The molecule has 20 heavy (non-hydrogen) atoms. The summed E-state index contributed by atoms with van der Waals surface area (Å²) in [6.07, 6.45) is 0. The quantitative estimate of drug-likeness (QED) is 0.685. The van der Waals surface area contributed by atoms with Crippen LogP contribution >= 0.6 is 15.9 Å². The van der Waals surface area contributed by atoms with Crippen LogP contribution in [0.25, 0.3) is 0 Å². The summed E-state index contributed by atoms with van der Waals surface area (Å²) >= 11 is 3.20. The summed E-state index contributed by atoms with van der Waals surface area (Å²) in [6, 6.07) is 4.89. The van der Waals surface area contributed by atoms with Crippen LogP contribution in [0.1, 0.15) is 12.5 Å². The molecule has 9 heteroatoms. The van der Waals surface area contributed by atoms with Crippen LogP contribution in [0.2, 0.25) is 0 Å². The van der Waals surface area contributed by atoms with Gasteiger partial charge in [-0.1, -0.05) is 6.07 Å². The van der Waals surface area contributed by atoms with Crippen LogP contribution in [0, 0.1) is 6.92 Å². The van der Waals surface area contributed by atoms with Gasteiger partial charge in [-0.25, -0.2) is 26.3 Å². The molecule has 0 aliphatic rings. The smallest absolute Gasteiger partial charge is 0.214 e. The Hall–Kier alpha value is -0.480. The molecule has 0 bridgehead atoms. The Morgan fingerprint density at radius 3 is 2.25 bits per heavy atom. The van der Waals surface area contributed by atoms with Crippen molar-refractivity contribution < 1.29 is 16.8 Å². The first-order valence-electron chi connectivity index (χ1n) is 5.91. The van der Waals surface area contributed by atoms with Crippen LogP contribution in [0.15, 0.2) is 27.6 Å². The first-order chi connectivity index (χ1) is 9.18. The second-order valence-electron chi connectivity index (χ2n) is 4.13. The summed E-state index contributed by atoms with van der Waals surface area (Å²) in [7, 11) is -6.97. The molecule has 6 nitrogen and oxygen atoms in total. The lowest BCUT2D eigenvalue weighted by Crippen LogP contribution is -2.35. The first kappa shape index (κ1) is 17.6. The number of nitrogens with one attached hydrogen (secondary N) is 2. The van der Waals surface area contributed by atoms with Gasteiger partial charge in [0.2, 0.25) is 20.0 Å². The van der Waals surface area contributed by atoms with Crippen molar-refractivity contribution in [2.24, 2.45) is 0 Å². The third kappa shape index (κ3) is 5.13. The van der Waals surface area contributed by atoms with E-state index in [9.17, 15) is 16.8 Å². The molecule has 0 saturated carbocycles. The highest BCUT2D eigenvalue weighted by Gasteiger charge is 2.17. The normalized spacial score (nSPS) is 12.6. The minimum Gasteiger partial charge on any atom is -0.214 e. The maximum absolute atomic E-state index is 12.0. The first-order valence-corrected chi connectivity index (χ1v) is 9.84. The zero-order chi connectivity index (χ0) is 15.4. The molecule has 2 N–H and O–H groups in total. The van der Waals surface area contributed by atoms with Crippen LogP contribution < -0.4 is 9.44 Å². The molecule has 1 rings (SSSR count). The van der Waals surface area contributed by atoms with Gasteiger partial charge in [-0.3, -0.25) is 0 Å². The fraction of sp³-hybridized carbons (Fsp3) is 0.455. The Morgan fingerprint density at radius 2 is 1.70 bits per heavy atom. The number of sulfonamides is 2. The third-order valence-corrected chi connectivity index (χ3v) is 6.34. The minimum absolute atomic E-state index is 0.0120. The topological polar surface area (TPSA) is 92.3 Å². The van der Waals surface area contributed by atoms with Crippen molar-refractivity contribution in [3.8, 4) is 0 Å². The van der Waals surface area contributed by atoms with E-state index in [4.69, 9.17) is 0 Å². The fourth-order valence-corrected chi connectivity index (χ4v) is 4.23. The number of aryl methyl sites for hydroxylation is 1. The average molecular weight is 385 g/mol. The lowest BCUT2D eigenvalue weighted by Gasteiger charge is -2.09. The van der Waals surface area contributed by atoms with Crippen LogP contribution in [-0.2, 0) is 20.0 Å². The Balaban J connectivity index is 2.67. The molecule has 0 atom stereocenters. The standard InChI is InChI=1S/C11H17BrN2O4S2/c1-3-19(15,16)13-6-7-14-20(17,18)11-5-4-9(2)8-10(11)12/h4-5,8,13-14H,3,6-7H2,1-2H3. The molecular formula is C11H17BrN2O4S2. The molecule has 0 aliphatic carbocycles. The summed E-state index contributed by atoms with van der Waals surface area (Å²) < 4.78 is 51.6. The van der Waals surface area contributed by atoms with Gasteiger partial charge in [0.15, 0.2) is 0 Å². The third-order valence-electron chi connectivity index (χ3n) is 2.50. The van der Waals surface area contributed by atoms with E-state index in [1.807, 2.05) is 6.92 Å². The van der Waals surface area contributed by atoms with Gasteiger partial charge in [-0.15, -0.1) is 0 Å². The summed E-state index contributed by atoms with van der Waals surface area (Å²) in [6.45, 7) is 3.37. The van der Waals surface area contributed by atoms with E-state index in [1.165, 1.54) is 13.0 Å². The molecule has 1 aromatic carbocycles. The van der Waals surface area contributed by atoms with Crippen molar-refractivity contribution in [3.63, 3.8) is 0 Å². The average Bonchev–Trinajstić information content (AvgIpc) is 2.34. The van der Waals surface area contributed by atoms with Gasteiger partial charge >= 0.3 is 0 Å². The van der Waals surface area contributed by atoms with Gasteiger partial charge in [-0.2, -0.15) is 0 Å². The van der Waals surface area contributed by atoms with Crippen molar-refractivity contribution in [2.75, 3.05) is 18.8 Å². The molecule has 0 radical (unpaired) electrons. The second-order valence-corrected chi connectivity index (χ2v) is 8.81. The highest BCUT2D eigenvalue weighted by Crippen LogP contribution is 2.22. The fourth-order valence-electron chi connectivity index (χ4n) is 1.40. The highest BCUT2D eigenvalue weighted by atomic mass is 79.9. The van der Waals surface area contributed by atoms with E-state index in [0.717, 1.165) is 5.56 Å². The monoisotopic (exact) mass is 384 g/mol. The van der Waals surface area contributed by atoms with Gasteiger partial charge in [0.1, 0.15) is 0 Å². The molecule has 0 aliphatic heterocycles. The van der Waals surface area contributed by atoms with Crippen LogP contribution in [0.4, 0.5) is 0 Å². The molecular weight excluding hydrogens is 368 g/mol. The lowest BCUT2D eigenvalue weighted by atomic mass is 10.2. The van der Waals surface area contributed by atoms with Crippen molar-refractivity contribution in [3.05, 3.63) is 28.2 Å². The van der Waals surface area contributed by atoms with E-state index < -0.39 is 20.0 Å². The van der Waals surface area contributed by atoms with Crippen LogP contribution in [0.5, 0.6) is 0 Å². The number of rotatable bonds is 7. The SMILES string of the molecule is CCS(=O)(=O)NCCNS(=O)(=O)c1ccc(C)cc1Br. The summed E-state index contributed by atoms with van der Waals surface area (Å²) in [5.41, 5.74) is 0.937. The number of benzene rings is 1. The molecule has 0 amide bonds. The lowest BCUT2D eigenvalue weighted by molar-refractivity contribution is 0.571. The van der Waals surface area contributed by atoms with E-state index >= 15 is 0 Å². The van der Waals surface area contributed by atoms with Gasteiger partial charge < -0.3 is 0 Å². The molecule has 0 fully saturated rings. The molecule has 0 saturated heterocycles. The van der Waals surface area contributed by atoms with Crippen molar-refractivity contribution in [2.45, 2.75) is 18.7 Å². The molecule has 0 spiro atoms. The highest BCUT2D eigenvalue weighted by molar-refractivity contribution is 9.10. The Morgan fingerprint density at radius 1 is 1.10 bits per heavy atom. The van der Waals surface area contributed by atoms with E-state index in [2.05, 4.69) is 25.4 Å². The van der Waals surface area contributed by atoms with E-state index in [0.29, 0.717) is 4.47 Å². The predicted molar refractivity (Wildman–Crippen MR) is 81.5 cm³/mol.